The van der Waals surface area contributed by atoms with Gasteiger partial charge in [-0.25, -0.2) is 0 Å². The Morgan fingerprint density at radius 1 is 0.543 bits per heavy atom. The van der Waals surface area contributed by atoms with E-state index in [1.54, 1.807) is 11.1 Å². The van der Waals surface area contributed by atoms with Gasteiger partial charge in [0.05, 0.1) is 0 Å². The van der Waals surface area contributed by atoms with E-state index in [4.69, 9.17) is 0 Å². The highest BCUT2D eigenvalue weighted by molar-refractivity contribution is 5.98. The number of rotatable bonds is 18. The average molecular weight is 472 g/mol. The van der Waals surface area contributed by atoms with E-state index >= 15 is 0 Å². The minimum atomic E-state index is 1.18. The molecule has 1 nitrogen and oxygen atoms in total. The van der Waals surface area contributed by atoms with Crippen LogP contribution in [-0.4, -0.2) is 0 Å². The first-order chi connectivity index (χ1) is 17.3. The lowest BCUT2D eigenvalue weighted by molar-refractivity contribution is 0.583. The number of para-hydroxylation sites is 1. The molecule has 0 aliphatic heterocycles. The molecule has 0 radical (unpaired) electrons. The Morgan fingerprint density at radius 3 is 1.74 bits per heavy atom. The van der Waals surface area contributed by atoms with Crippen molar-refractivity contribution in [1.29, 1.82) is 0 Å². The lowest BCUT2D eigenvalue weighted by Crippen LogP contribution is -2.03. The summed E-state index contributed by atoms with van der Waals surface area (Å²) in [6.45, 7) is 4.60. The SMILES string of the molecule is CCCCCCCCCc1cc2ccccc2c(Nc2ccccc2)c1CCCCCCCCC. The van der Waals surface area contributed by atoms with Crippen molar-refractivity contribution in [3.63, 3.8) is 0 Å². The maximum Gasteiger partial charge on any atom is 0.0499 e. The molecule has 0 bridgehead atoms. The number of benzene rings is 3. The molecule has 3 aromatic rings. The van der Waals surface area contributed by atoms with Crippen molar-refractivity contribution < 1.29 is 0 Å². The van der Waals surface area contributed by atoms with Crippen LogP contribution >= 0.6 is 0 Å². The fourth-order valence-electron chi connectivity index (χ4n) is 5.30. The number of hydrogen-bond donors (Lipinski definition) is 1. The zero-order chi connectivity index (χ0) is 24.6. The van der Waals surface area contributed by atoms with Gasteiger partial charge in [-0.3, -0.25) is 0 Å². The van der Waals surface area contributed by atoms with Crippen LogP contribution in [0.4, 0.5) is 11.4 Å². The van der Waals surface area contributed by atoms with Crippen molar-refractivity contribution in [3.8, 4) is 0 Å². The maximum absolute atomic E-state index is 3.85. The molecular weight excluding hydrogens is 422 g/mol. The minimum Gasteiger partial charge on any atom is -0.355 e. The quantitative estimate of drug-likeness (QED) is 0.182. The lowest BCUT2D eigenvalue weighted by atomic mass is 9.91. The molecule has 0 atom stereocenters. The van der Waals surface area contributed by atoms with Crippen LogP contribution in [0.5, 0.6) is 0 Å². The lowest BCUT2D eigenvalue weighted by Gasteiger charge is -2.20. The van der Waals surface area contributed by atoms with Crippen LogP contribution in [0.3, 0.4) is 0 Å². The molecule has 1 heteroatoms. The van der Waals surface area contributed by atoms with Crippen LogP contribution in [0.15, 0.2) is 60.7 Å². The Morgan fingerprint density at radius 2 is 1.09 bits per heavy atom. The van der Waals surface area contributed by atoms with Crippen molar-refractivity contribution >= 4 is 22.1 Å². The third-order valence-electron chi connectivity index (χ3n) is 7.37. The van der Waals surface area contributed by atoms with Crippen LogP contribution in [0.25, 0.3) is 10.8 Å². The molecule has 0 amide bonds. The van der Waals surface area contributed by atoms with E-state index in [2.05, 4.69) is 79.8 Å². The highest BCUT2D eigenvalue weighted by atomic mass is 14.9. The molecule has 0 fully saturated rings. The van der Waals surface area contributed by atoms with E-state index in [0.29, 0.717) is 0 Å². The van der Waals surface area contributed by atoms with Gasteiger partial charge in [-0.1, -0.05) is 139 Å². The summed E-state index contributed by atoms with van der Waals surface area (Å²) in [6, 6.07) is 22.2. The van der Waals surface area contributed by atoms with E-state index in [1.165, 1.54) is 125 Å². The highest BCUT2D eigenvalue weighted by Crippen LogP contribution is 2.35. The molecule has 0 spiro atoms. The molecule has 0 aliphatic rings. The Labute approximate surface area is 215 Å². The van der Waals surface area contributed by atoms with Crippen molar-refractivity contribution in [2.45, 2.75) is 117 Å². The second-order valence-electron chi connectivity index (χ2n) is 10.3. The van der Waals surface area contributed by atoms with Crippen LogP contribution in [0.2, 0.25) is 0 Å². The number of anilines is 2. The number of nitrogens with one attached hydrogen (secondary N) is 1. The largest absolute Gasteiger partial charge is 0.355 e. The van der Waals surface area contributed by atoms with Crippen molar-refractivity contribution in [3.05, 3.63) is 71.8 Å². The molecule has 190 valence electrons. The van der Waals surface area contributed by atoms with E-state index in [-0.39, 0.29) is 0 Å². The normalized spacial score (nSPS) is 11.3. The van der Waals surface area contributed by atoms with Gasteiger partial charge < -0.3 is 5.32 Å². The summed E-state index contributed by atoms with van der Waals surface area (Å²) in [7, 11) is 0. The third kappa shape index (κ3) is 9.36. The van der Waals surface area contributed by atoms with Crippen molar-refractivity contribution in [2.75, 3.05) is 5.32 Å². The van der Waals surface area contributed by atoms with E-state index in [9.17, 15) is 0 Å². The smallest absolute Gasteiger partial charge is 0.0499 e. The maximum atomic E-state index is 3.85. The van der Waals surface area contributed by atoms with Crippen molar-refractivity contribution in [2.24, 2.45) is 0 Å². The molecule has 35 heavy (non-hydrogen) atoms. The summed E-state index contributed by atoms with van der Waals surface area (Å²) in [5.74, 6) is 0. The standard InChI is InChI=1S/C34H49N/c1-3-5-7-9-11-13-16-22-29-28-30-23-20-21-27-33(30)34(35-31-24-17-15-18-25-31)32(29)26-19-14-12-10-8-6-4-2/h15,17-18,20-21,23-25,27-28,35H,3-14,16,19,22,26H2,1-2H3. The molecule has 0 heterocycles. The summed E-state index contributed by atoms with van der Waals surface area (Å²) in [5, 5.41) is 6.58. The Balaban J connectivity index is 1.77. The van der Waals surface area contributed by atoms with E-state index < -0.39 is 0 Å². The van der Waals surface area contributed by atoms with E-state index in [1.807, 2.05) is 0 Å². The van der Waals surface area contributed by atoms with Gasteiger partial charge in [0, 0.05) is 16.8 Å². The summed E-state index contributed by atoms with van der Waals surface area (Å²) >= 11 is 0. The summed E-state index contributed by atoms with van der Waals surface area (Å²) in [4.78, 5) is 0. The predicted molar refractivity (Wildman–Crippen MR) is 157 cm³/mol. The second-order valence-corrected chi connectivity index (χ2v) is 10.3. The second kappa shape index (κ2) is 16.4. The van der Waals surface area contributed by atoms with Crippen molar-refractivity contribution in [1.82, 2.24) is 0 Å². The van der Waals surface area contributed by atoms with Crippen LogP contribution in [-0.2, 0) is 12.8 Å². The zero-order valence-corrected chi connectivity index (χ0v) is 22.6. The Kier molecular flexibility index (Phi) is 12.8. The zero-order valence-electron chi connectivity index (χ0n) is 22.6. The number of hydrogen-bond acceptors (Lipinski definition) is 1. The molecular formula is C34H49N. The predicted octanol–water partition coefficient (Wildman–Crippen LogP) is 11.2. The van der Waals surface area contributed by atoms with Gasteiger partial charge in [-0.2, -0.15) is 0 Å². The summed E-state index contributed by atoms with van der Waals surface area (Å²) < 4.78 is 0. The number of fused-ring (bicyclic) bond motifs is 1. The highest BCUT2D eigenvalue weighted by Gasteiger charge is 2.14. The van der Waals surface area contributed by atoms with E-state index in [0.717, 1.165) is 0 Å². The minimum absolute atomic E-state index is 1.18. The topological polar surface area (TPSA) is 12.0 Å². The molecule has 3 aromatic carbocycles. The molecule has 0 unspecified atom stereocenters. The molecule has 0 saturated carbocycles. The van der Waals surface area contributed by atoms with Crippen LogP contribution in [0, 0.1) is 0 Å². The summed E-state index contributed by atoms with van der Waals surface area (Å²) in [6.07, 6.45) is 21.5. The van der Waals surface area contributed by atoms with Gasteiger partial charge in [0.15, 0.2) is 0 Å². The van der Waals surface area contributed by atoms with Gasteiger partial charge in [-0.15, -0.1) is 0 Å². The van der Waals surface area contributed by atoms with Gasteiger partial charge in [0.1, 0.15) is 0 Å². The average Bonchev–Trinajstić information content (AvgIpc) is 2.89. The van der Waals surface area contributed by atoms with Crippen LogP contribution in [0.1, 0.15) is 115 Å². The molecule has 0 saturated heterocycles. The van der Waals surface area contributed by atoms with Gasteiger partial charge >= 0.3 is 0 Å². The fraction of sp³-hybridized carbons (Fsp3) is 0.529. The first-order valence-electron chi connectivity index (χ1n) is 14.7. The van der Waals surface area contributed by atoms with Crippen LogP contribution < -0.4 is 5.32 Å². The number of aryl methyl sites for hydroxylation is 1. The monoisotopic (exact) mass is 471 g/mol. The first kappa shape index (κ1) is 27.3. The number of unbranched alkanes of at least 4 members (excludes halogenated alkanes) is 12. The first-order valence-corrected chi connectivity index (χ1v) is 14.7. The summed E-state index contributed by atoms with van der Waals surface area (Å²) in [5.41, 5.74) is 5.67. The Bertz CT molecular complexity index is 959. The molecule has 3 rings (SSSR count). The fourth-order valence-corrected chi connectivity index (χ4v) is 5.30. The van der Waals surface area contributed by atoms with Gasteiger partial charge in [-0.05, 0) is 54.3 Å². The Hall–Kier alpha value is -2.28. The molecule has 0 aromatic heterocycles. The van der Waals surface area contributed by atoms with Gasteiger partial charge in [0.2, 0.25) is 0 Å². The molecule has 0 aliphatic carbocycles. The van der Waals surface area contributed by atoms with Gasteiger partial charge in [0.25, 0.3) is 0 Å². The molecule has 1 N–H and O–H groups in total. The third-order valence-corrected chi connectivity index (χ3v) is 7.37.